The van der Waals surface area contributed by atoms with Crippen LogP contribution in [0.5, 0.6) is 5.75 Å². The van der Waals surface area contributed by atoms with Gasteiger partial charge in [-0.05, 0) is 35.4 Å². The van der Waals surface area contributed by atoms with Crippen LogP contribution in [0.4, 0.5) is 0 Å². The average Bonchev–Trinajstić information content (AvgIpc) is 2.46. The van der Waals surface area contributed by atoms with Crippen LogP contribution in [0, 0.1) is 6.92 Å². The lowest BCUT2D eigenvalue weighted by Gasteiger charge is -2.14. The highest BCUT2D eigenvalue weighted by atomic mass is 32.2. The first-order valence-corrected chi connectivity index (χ1v) is 7.84. The van der Waals surface area contributed by atoms with Crippen LogP contribution in [-0.4, -0.2) is 20.1 Å². The van der Waals surface area contributed by atoms with Gasteiger partial charge in [0.15, 0.2) is 0 Å². The second kappa shape index (κ2) is 4.72. The molecule has 0 saturated carbocycles. The van der Waals surface area contributed by atoms with Crippen molar-refractivity contribution in [2.24, 2.45) is 0 Å². The molecule has 1 N–H and O–H groups in total. The maximum absolute atomic E-state index is 11.3. The summed E-state index contributed by atoms with van der Waals surface area (Å²) < 4.78 is 37.4. The molecular weight excluding hydrogens is 288 g/mol. The smallest absolute Gasteiger partial charge is 0.294 e. The predicted molar refractivity (Wildman–Crippen MR) is 82.6 cm³/mol. The van der Waals surface area contributed by atoms with Gasteiger partial charge in [-0.3, -0.25) is 4.55 Å². The van der Waals surface area contributed by atoms with Gasteiger partial charge in [-0.25, -0.2) is 0 Å². The third-order valence-corrected chi connectivity index (χ3v) is 4.57. The average molecular weight is 302 g/mol. The largest absolute Gasteiger partial charge is 0.495 e. The van der Waals surface area contributed by atoms with Gasteiger partial charge in [-0.15, -0.1) is 0 Å². The van der Waals surface area contributed by atoms with Gasteiger partial charge in [0.05, 0.1) is 12.0 Å². The van der Waals surface area contributed by atoms with E-state index < -0.39 is 10.1 Å². The molecule has 0 atom stereocenters. The van der Waals surface area contributed by atoms with E-state index in [4.69, 9.17) is 4.74 Å². The molecule has 0 spiro atoms. The molecule has 4 nitrogen and oxygen atoms in total. The molecule has 0 aliphatic heterocycles. The molecule has 3 aromatic rings. The summed E-state index contributed by atoms with van der Waals surface area (Å²) in [6, 6.07) is 12.3. The molecular formula is C16H14O4S. The van der Waals surface area contributed by atoms with E-state index in [9.17, 15) is 13.0 Å². The highest BCUT2D eigenvalue weighted by Gasteiger charge is 2.16. The summed E-state index contributed by atoms with van der Waals surface area (Å²) in [4.78, 5) is -0.136. The molecule has 0 amide bonds. The minimum atomic E-state index is -4.24. The van der Waals surface area contributed by atoms with Crippen LogP contribution in [0.3, 0.4) is 0 Å². The summed E-state index contributed by atoms with van der Waals surface area (Å²) in [6.45, 7) is 1.98. The molecule has 0 saturated heterocycles. The SMILES string of the molecule is COc1c2ccccc2c(C)c2ccc(S(=O)(=O)O)cc12. The molecule has 0 aliphatic carbocycles. The highest BCUT2D eigenvalue weighted by Crippen LogP contribution is 2.38. The van der Waals surface area contributed by atoms with Crippen LogP contribution < -0.4 is 4.74 Å². The number of fused-ring (bicyclic) bond motifs is 2. The fraction of sp³-hybridized carbons (Fsp3) is 0.125. The van der Waals surface area contributed by atoms with Crippen molar-refractivity contribution >= 4 is 31.7 Å². The maximum Gasteiger partial charge on any atom is 0.294 e. The first-order valence-electron chi connectivity index (χ1n) is 6.40. The Labute approximate surface area is 122 Å². The van der Waals surface area contributed by atoms with Gasteiger partial charge in [-0.2, -0.15) is 8.42 Å². The third-order valence-electron chi connectivity index (χ3n) is 3.72. The van der Waals surface area contributed by atoms with Gasteiger partial charge >= 0.3 is 0 Å². The van der Waals surface area contributed by atoms with E-state index in [1.807, 2.05) is 31.2 Å². The van der Waals surface area contributed by atoms with Gasteiger partial charge in [0.1, 0.15) is 5.75 Å². The lowest BCUT2D eigenvalue weighted by molar-refractivity contribution is 0.424. The Kier molecular flexibility index (Phi) is 3.11. The summed E-state index contributed by atoms with van der Waals surface area (Å²) in [7, 11) is -2.69. The van der Waals surface area contributed by atoms with Gasteiger partial charge < -0.3 is 4.74 Å². The van der Waals surface area contributed by atoms with Crippen molar-refractivity contribution in [2.75, 3.05) is 7.11 Å². The summed E-state index contributed by atoms with van der Waals surface area (Å²) >= 11 is 0. The van der Waals surface area contributed by atoms with E-state index >= 15 is 0 Å². The number of hydrogen-bond acceptors (Lipinski definition) is 3. The number of benzene rings is 3. The second-order valence-electron chi connectivity index (χ2n) is 4.89. The van der Waals surface area contributed by atoms with E-state index in [2.05, 4.69) is 0 Å². The normalized spacial score (nSPS) is 12.0. The Morgan fingerprint density at radius 3 is 2.19 bits per heavy atom. The number of methoxy groups -OCH3 is 1. The standard InChI is InChI=1S/C16H14O4S/c1-10-12-5-3-4-6-14(12)16(20-2)15-9-11(21(17,18)19)7-8-13(10)15/h3-9H,1-2H3,(H,17,18,19). The van der Waals surface area contributed by atoms with Crippen molar-refractivity contribution < 1.29 is 17.7 Å². The summed E-state index contributed by atoms with van der Waals surface area (Å²) in [5.74, 6) is 0.608. The first-order chi connectivity index (χ1) is 9.93. The predicted octanol–water partition coefficient (Wildman–Crippen LogP) is 3.56. The van der Waals surface area contributed by atoms with E-state index in [-0.39, 0.29) is 4.90 Å². The van der Waals surface area contributed by atoms with Crippen molar-refractivity contribution in [1.82, 2.24) is 0 Å². The lowest BCUT2D eigenvalue weighted by Crippen LogP contribution is -1.99. The Hall–Kier alpha value is -2.11. The van der Waals surface area contributed by atoms with Gasteiger partial charge in [0.2, 0.25) is 0 Å². The molecule has 0 bridgehead atoms. The molecule has 0 aromatic heterocycles. The summed E-state index contributed by atoms with van der Waals surface area (Å²) in [5.41, 5.74) is 1.04. The number of hydrogen-bond donors (Lipinski definition) is 1. The van der Waals surface area contributed by atoms with Crippen molar-refractivity contribution in [2.45, 2.75) is 11.8 Å². The fourth-order valence-electron chi connectivity index (χ4n) is 2.72. The van der Waals surface area contributed by atoms with Gasteiger partial charge in [0, 0.05) is 10.8 Å². The van der Waals surface area contributed by atoms with Crippen LogP contribution in [-0.2, 0) is 10.1 Å². The Morgan fingerprint density at radius 2 is 1.57 bits per heavy atom. The molecule has 0 heterocycles. The van der Waals surface area contributed by atoms with Crippen LogP contribution in [0.2, 0.25) is 0 Å². The molecule has 108 valence electrons. The lowest BCUT2D eigenvalue weighted by atomic mass is 9.96. The molecule has 0 unspecified atom stereocenters. The molecule has 0 aliphatic rings. The number of rotatable bonds is 2. The Balaban J connectivity index is 2.55. The summed E-state index contributed by atoms with van der Waals surface area (Å²) in [5, 5.41) is 3.54. The molecule has 21 heavy (non-hydrogen) atoms. The van der Waals surface area contributed by atoms with Crippen molar-refractivity contribution in [3.63, 3.8) is 0 Å². The van der Waals surface area contributed by atoms with Crippen molar-refractivity contribution in [3.8, 4) is 5.75 Å². The minimum Gasteiger partial charge on any atom is -0.495 e. The molecule has 3 rings (SSSR count). The Morgan fingerprint density at radius 1 is 0.952 bits per heavy atom. The molecule has 0 radical (unpaired) electrons. The number of ether oxygens (including phenoxy) is 1. The second-order valence-corrected chi connectivity index (χ2v) is 6.31. The maximum atomic E-state index is 11.3. The fourth-order valence-corrected chi connectivity index (χ4v) is 3.22. The topological polar surface area (TPSA) is 63.6 Å². The van der Waals surface area contributed by atoms with E-state index in [0.29, 0.717) is 11.1 Å². The zero-order valence-corrected chi connectivity index (χ0v) is 12.4. The zero-order valence-electron chi connectivity index (χ0n) is 11.6. The van der Waals surface area contributed by atoms with Crippen molar-refractivity contribution in [3.05, 3.63) is 48.0 Å². The molecule has 3 aromatic carbocycles. The quantitative estimate of drug-likeness (QED) is 0.581. The van der Waals surface area contributed by atoms with E-state index in [0.717, 1.165) is 21.7 Å². The monoisotopic (exact) mass is 302 g/mol. The van der Waals surface area contributed by atoms with Crippen LogP contribution in [0.15, 0.2) is 47.4 Å². The summed E-state index contributed by atoms with van der Waals surface area (Å²) in [6.07, 6.45) is 0. The van der Waals surface area contributed by atoms with Crippen molar-refractivity contribution in [1.29, 1.82) is 0 Å². The van der Waals surface area contributed by atoms with Crippen LogP contribution >= 0.6 is 0 Å². The third kappa shape index (κ3) is 2.14. The van der Waals surface area contributed by atoms with Crippen LogP contribution in [0.1, 0.15) is 5.56 Å². The number of aryl methyl sites for hydroxylation is 1. The first kappa shape index (κ1) is 13.9. The minimum absolute atomic E-state index is 0.136. The molecule has 0 fully saturated rings. The highest BCUT2D eigenvalue weighted by molar-refractivity contribution is 7.85. The zero-order chi connectivity index (χ0) is 15.2. The van der Waals surface area contributed by atoms with Gasteiger partial charge in [-0.1, -0.05) is 30.3 Å². The van der Waals surface area contributed by atoms with E-state index in [1.165, 1.54) is 12.1 Å². The van der Waals surface area contributed by atoms with E-state index in [1.54, 1.807) is 13.2 Å². The Bertz CT molecular complexity index is 959. The molecule has 5 heteroatoms. The van der Waals surface area contributed by atoms with Crippen LogP contribution in [0.25, 0.3) is 21.5 Å². The van der Waals surface area contributed by atoms with Gasteiger partial charge in [0.25, 0.3) is 10.1 Å².